The summed E-state index contributed by atoms with van der Waals surface area (Å²) in [5.41, 5.74) is 1.19. The largest absolute Gasteiger partial charge is 0.454 e. The Morgan fingerprint density at radius 1 is 1.10 bits per heavy atom. The second-order valence-electron chi connectivity index (χ2n) is 7.50. The Hall–Kier alpha value is -1.94. The molecular weight excluding hydrogens is 495 g/mol. The van der Waals surface area contributed by atoms with Crippen molar-refractivity contribution in [3.63, 3.8) is 0 Å². The lowest BCUT2D eigenvalue weighted by atomic mass is 9.74. The number of aliphatic imine (C=N–C) groups is 1. The number of benzene rings is 1. The number of hydrogen-bond acceptors (Lipinski definition) is 4. The molecule has 164 valence electrons. The number of halogens is 1. The van der Waals surface area contributed by atoms with E-state index in [9.17, 15) is 0 Å². The lowest BCUT2D eigenvalue weighted by Gasteiger charge is -2.36. The van der Waals surface area contributed by atoms with Gasteiger partial charge < -0.3 is 29.4 Å². The van der Waals surface area contributed by atoms with Crippen LogP contribution in [-0.2, 0) is 16.7 Å². The van der Waals surface area contributed by atoms with Gasteiger partial charge in [0.05, 0.1) is 6.54 Å². The van der Waals surface area contributed by atoms with E-state index in [2.05, 4.69) is 46.7 Å². The van der Waals surface area contributed by atoms with Gasteiger partial charge in [0, 0.05) is 50.7 Å². The van der Waals surface area contributed by atoms with Crippen LogP contribution >= 0.6 is 24.0 Å². The van der Waals surface area contributed by atoms with Crippen LogP contribution in [0.5, 0.6) is 11.5 Å². The number of rotatable bonds is 7. The molecule has 0 saturated carbocycles. The fourth-order valence-electron chi connectivity index (χ4n) is 3.92. The number of fused-ring (bicyclic) bond motifs is 1. The monoisotopic (exact) mass is 526 g/mol. The van der Waals surface area contributed by atoms with Gasteiger partial charge in [-0.15, -0.1) is 24.0 Å². The predicted molar refractivity (Wildman–Crippen MR) is 128 cm³/mol. The van der Waals surface area contributed by atoms with Crippen molar-refractivity contribution >= 4 is 29.9 Å². The summed E-state index contributed by atoms with van der Waals surface area (Å²) >= 11 is 0. The van der Waals surface area contributed by atoms with E-state index >= 15 is 0 Å². The smallest absolute Gasteiger partial charge is 0.231 e. The van der Waals surface area contributed by atoms with Gasteiger partial charge in [-0.3, -0.25) is 4.99 Å². The summed E-state index contributed by atoms with van der Waals surface area (Å²) in [5, 5.41) is 6.82. The molecule has 1 aromatic carbocycles. The van der Waals surface area contributed by atoms with Gasteiger partial charge in [-0.2, -0.15) is 0 Å². The molecule has 0 atom stereocenters. The zero-order valence-corrected chi connectivity index (χ0v) is 19.8. The minimum absolute atomic E-state index is 0. The minimum atomic E-state index is -0.0536. The number of nitrogens with zero attached hydrogens (tertiary/aromatic N) is 2. The van der Waals surface area contributed by atoms with E-state index in [1.54, 1.807) is 0 Å². The molecule has 1 fully saturated rings. The highest BCUT2D eigenvalue weighted by atomic mass is 127. The Kier molecular flexibility index (Phi) is 8.26. The Morgan fingerprint density at radius 2 is 1.87 bits per heavy atom. The fourth-order valence-corrected chi connectivity index (χ4v) is 3.92. The van der Waals surface area contributed by atoms with Gasteiger partial charge in [0.1, 0.15) is 0 Å². The number of guanidine groups is 1. The fraction of sp³-hybridized carbons (Fsp3) is 0.500. The zero-order chi connectivity index (χ0) is 19.9. The highest BCUT2D eigenvalue weighted by Crippen LogP contribution is 2.41. The maximum atomic E-state index is 5.66. The van der Waals surface area contributed by atoms with Gasteiger partial charge in [0.15, 0.2) is 17.5 Å². The molecule has 3 heterocycles. The van der Waals surface area contributed by atoms with Crippen molar-refractivity contribution in [3.05, 3.63) is 48.3 Å². The van der Waals surface area contributed by atoms with Crippen molar-refractivity contribution in [3.8, 4) is 11.5 Å². The highest BCUT2D eigenvalue weighted by molar-refractivity contribution is 14.0. The average molecular weight is 526 g/mol. The number of nitrogens with one attached hydrogen (secondary N) is 2. The molecule has 0 unspecified atom stereocenters. The minimum Gasteiger partial charge on any atom is -0.454 e. The SMILES string of the molecule is CCNC(=NCC1(c2ccc3c(c2)OCO3)CCOCC1)NCCn1cccc1.I. The molecular formula is C22H31IN4O3. The summed E-state index contributed by atoms with van der Waals surface area (Å²) in [6, 6.07) is 10.4. The molecule has 7 nitrogen and oxygen atoms in total. The second-order valence-corrected chi connectivity index (χ2v) is 7.50. The maximum absolute atomic E-state index is 5.66. The van der Waals surface area contributed by atoms with Crippen LogP contribution in [0.15, 0.2) is 47.7 Å². The van der Waals surface area contributed by atoms with E-state index in [-0.39, 0.29) is 29.4 Å². The first kappa shape index (κ1) is 22.7. The van der Waals surface area contributed by atoms with E-state index in [0.717, 1.165) is 63.1 Å². The third kappa shape index (κ3) is 5.40. The molecule has 0 spiro atoms. The van der Waals surface area contributed by atoms with E-state index in [4.69, 9.17) is 19.2 Å². The first-order chi connectivity index (χ1) is 14.3. The number of ether oxygens (including phenoxy) is 3. The van der Waals surface area contributed by atoms with E-state index in [1.807, 2.05) is 18.2 Å². The molecule has 0 radical (unpaired) electrons. The van der Waals surface area contributed by atoms with Gasteiger partial charge >= 0.3 is 0 Å². The molecule has 0 aliphatic carbocycles. The molecule has 0 amide bonds. The van der Waals surface area contributed by atoms with Crippen LogP contribution in [0.25, 0.3) is 0 Å². The van der Waals surface area contributed by atoms with Gasteiger partial charge in [0.2, 0.25) is 6.79 Å². The van der Waals surface area contributed by atoms with Crippen LogP contribution < -0.4 is 20.1 Å². The molecule has 2 aromatic rings. The lowest BCUT2D eigenvalue weighted by molar-refractivity contribution is 0.0530. The summed E-state index contributed by atoms with van der Waals surface area (Å²) < 4.78 is 18.9. The van der Waals surface area contributed by atoms with Crippen molar-refractivity contribution in [2.45, 2.75) is 31.7 Å². The maximum Gasteiger partial charge on any atom is 0.231 e. The molecule has 8 heteroatoms. The third-order valence-corrected chi connectivity index (χ3v) is 5.65. The van der Waals surface area contributed by atoms with Crippen LogP contribution in [0.2, 0.25) is 0 Å². The molecule has 2 aliphatic heterocycles. The standard InChI is InChI=1S/C22H30N4O3.HI/c1-2-23-21(24-9-12-26-10-3-4-11-26)25-16-22(7-13-27-14-8-22)18-5-6-19-20(15-18)29-17-28-19;/h3-6,10-11,15H,2,7-9,12-14,16-17H2,1H3,(H2,23,24,25);1H. The quantitative estimate of drug-likeness (QED) is 0.330. The third-order valence-electron chi connectivity index (χ3n) is 5.65. The molecule has 4 rings (SSSR count). The van der Waals surface area contributed by atoms with Crippen molar-refractivity contribution in [1.29, 1.82) is 0 Å². The average Bonchev–Trinajstić information content (AvgIpc) is 3.44. The van der Waals surface area contributed by atoms with E-state index in [0.29, 0.717) is 13.3 Å². The summed E-state index contributed by atoms with van der Waals surface area (Å²) in [6.45, 7) is 7.14. The molecule has 1 aromatic heterocycles. The van der Waals surface area contributed by atoms with Crippen molar-refractivity contribution < 1.29 is 14.2 Å². The summed E-state index contributed by atoms with van der Waals surface area (Å²) in [6.07, 6.45) is 6.03. The lowest BCUT2D eigenvalue weighted by Crippen LogP contribution is -2.42. The first-order valence-corrected chi connectivity index (χ1v) is 10.4. The summed E-state index contributed by atoms with van der Waals surface area (Å²) in [4.78, 5) is 4.96. The molecule has 30 heavy (non-hydrogen) atoms. The molecule has 1 saturated heterocycles. The van der Waals surface area contributed by atoms with Gasteiger partial charge in [0.25, 0.3) is 0 Å². The topological polar surface area (TPSA) is 69.0 Å². The number of hydrogen-bond donors (Lipinski definition) is 2. The zero-order valence-electron chi connectivity index (χ0n) is 17.4. The Bertz CT molecular complexity index is 820. The molecule has 2 aliphatic rings. The van der Waals surface area contributed by atoms with Gasteiger partial charge in [-0.1, -0.05) is 6.07 Å². The Labute approximate surface area is 195 Å². The van der Waals surface area contributed by atoms with Crippen LogP contribution in [0, 0.1) is 0 Å². The van der Waals surface area contributed by atoms with Gasteiger partial charge in [-0.05, 0) is 49.6 Å². The Morgan fingerprint density at radius 3 is 2.63 bits per heavy atom. The summed E-state index contributed by atoms with van der Waals surface area (Å²) in [7, 11) is 0. The van der Waals surface area contributed by atoms with E-state index in [1.165, 1.54) is 5.56 Å². The first-order valence-electron chi connectivity index (χ1n) is 10.4. The normalized spacial score (nSPS) is 17.3. The van der Waals surface area contributed by atoms with Crippen molar-refractivity contribution in [2.75, 3.05) is 39.6 Å². The van der Waals surface area contributed by atoms with Crippen LogP contribution in [0.4, 0.5) is 0 Å². The van der Waals surface area contributed by atoms with E-state index < -0.39 is 0 Å². The summed E-state index contributed by atoms with van der Waals surface area (Å²) in [5.74, 6) is 2.50. The van der Waals surface area contributed by atoms with Crippen LogP contribution in [0.1, 0.15) is 25.3 Å². The Balaban J connectivity index is 0.00000256. The molecule has 0 bridgehead atoms. The highest BCUT2D eigenvalue weighted by Gasteiger charge is 2.35. The predicted octanol–water partition coefficient (Wildman–Crippen LogP) is 3.14. The van der Waals surface area contributed by atoms with Crippen LogP contribution in [-0.4, -0.2) is 50.2 Å². The second kappa shape index (κ2) is 10.9. The number of aromatic nitrogens is 1. The van der Waals surface area contributed by atoms with Gasteiger partial charge in [-0.25, -0.2) is 0 Å². The van der Waals surface area contributed by atoms with Crippen LogP contribution in [0.3, 0.4) is 0 Å². The van der Waals surface area contributed by atoms with Crippen molar-refractivity contribution in [1.82, 2.24) is 15.2 Å². The molecule has 2 N–H and O–H groups in total. The van der Waals surface area contributed by atoms with Crippen molar-refractivity contribution in [2.24, 2.45) is 4.99 Å².